The molecule has 7 nitrogen and oxygen atoms in total. The van der Waals surface area contributed by atoms with Gasteiger partial charge in [0.15, 0.2) is 0 Å². The summed E-state index contributed by atoms with van der Waals surface area (Å²) >= 11 is 0. The lowest BCUT2D eigenvalue weighted by molar-refractivity contribution is -0.117. The Hall–Kier alpha value is -1.50. The van der Waals surface area contributed by atoms with Gasteiger partial charge in [-0.05, 0) is 30.6 Å². The molecule has 1 aromatic heterocycles. The van der Waals surface area contributed by atoms with Gasteiger partial charge in [0.25, 0.3) is 5.95 Å². The molecule has 1 aliphatic rings. The van der Waals surface area contributed by atoms with Crippen LogP contribution in [0.4, 0.5) is 5.95 Å². The highest BCUT2D eigenvalue weighted by atomic mass is 16.1. The number of nitrogens with zero attached hydrogens (tertiary/aromatic N) is 4. The van der Waals surface area contributed by atoms with Crippen LogP contribution in [-0.2, 0) is 11.8 Å². The van der Waals surface area contributed by atoms with Crippen LogP contribution >= 0.6 is 0 Å². The molecule has 0 spiro atoms. The number of rotatable bonds is 3. The first-order chi connectivity index (χ1) is 7.24. The number of anilines is 1. The minimum Gasteiger partial charge on any atom is -0.316 e. The van der Waals surface area contributed by atoms with Gasteiger partial charge in [0.05, 0.1) is 7.05 Å². The van der Waals surface area contributed by atoms with Gasteiger partial charge >= 0.3 is 0 Å². The molecule has 2 N–H and O–H groups in total. The highest BCUT2D eigenvalue weighted by Crippen LogP contribution is 2.12. The van der Waals surface area contributed by atoms with Crippen LogP contribution in [0.3, 0.4) is 0 Å². The van der Waals surface area contributed by atoms with E-state index >= 15 is 0 Å². The van der Waals surface area contributed by atoms with Crippen LogP contribution in [-0.4, -0.2) is 39.2 Å². The third kappa shape index (κ3) is 2.72. The molecular formula is C8H14N6O. The van der Waals surface area contributed by atoms with Crippen molar-refractivity contribution in [3.8, 4) is 0 Å². The van der Waals surface area contributed by atoms with E-state index in [0.29, 0.717) is 12.3 Å². The van der Waals surface area contributed by atoms with E-state index in [4.69, 9.17) is 0 Å². The SMILES string of the molecule is Cn1nnc(NC(=O)CC2CCNC2)n1. The maximum atomic E-state index is 11.5. The molecule has 0 saturated carbocycles. The van der Waals surface area contributed by atoms with E-state index in [1.54, 1.807) is 7.05 Å². The fourth-order valence-electron chi connectivity index (χ4n) is 1.66. The van der Waals surface area contributed by atoms with E-state index in [1.165, 1.54) is 4.80 Å². The predicted octanol–water partition coefficient (Wildman–Crippen LogP) is -0.852. The first kappa shape index (κ1) is 10.0. The van der Waals surface area contributed by atoms with Crippen LogP contribution in [0.2, 0.25) is 0 Å². The lowest BCUT2D eigenvalue weighted by Gasteiger charge is -2.05. The van der Waals surface area contributed by atoms with Gasteiger partial charge in [0.2, 0.25) is 5.91 Å². The van der Waals surface area contributed by atoms with E-state index in [0.717, 1.165) is 19.5 Å². The summed E-state index contributed by atoms with van der Waals surface area (Å²) in [6, 6.07) is 0. The number of carbonyl (C=O) groups is 1. The average Bonchev–Trinajstić information content (AvgIpc) is 2.77. The van der Waals surface area contributed by atoms with Crippen LogP contribution in [0.15, 0.2) is 0 Å². The molecule has 1 saturated heterocycles. The zero-order valence-corrected chi connectivity index (χ0v) is 8.60. The van der Waals surface area contributed by atoms with Gasteiger partial charge in [-0.2, -0.15) is 4.80 Å². The third-order valence-electron chi connectivity index (χ3n) is 2.40. The Morgan fingerprint density at radius 2 is 2.60 bits per heavy atom. The molecule has 0 aliphatic carbocycles. The van der Waals surface area contributed by atoms with Crippen molar-refractivity contribution in [3.63, 3.8) is 0 Å². The molecule has 1 aromatic rings. The van der Waals surface area contributed by atoms with Crippen molar-refractivity contribution >= 4 is 11.9 Å². The van der Waals surface area contributed by atoms with Crippen molar-refractivity contribution in [1.82, 2.24) is 25.5 Å². The lowest BCUT2D eigenvalue weighted by Crippen LogP contribution is -2.19. The Bertz CT molecular complexity index is 343. The molecule has 1 amide bonds. The number of hydrogen-bond donors (Lipinski definition) is 2. The molecule has 2 rings (SSSR count). The van der Waals surface area contributed by atoms with Crippen LogP contribution < -0.4 is 10.6 Å². The molecule has 7 heteroatoms. The molecule has 2 heterocycles. The summed E-state index contributed by atoms with van der Waals surface area (Å²) in [6.07, 6.45) is 1.58. The largest absolute Gasteiger partial charge is 0.316 e. The normalized spacial score (nSPS) is 20.5. The van der Waals surface area contributed by atoms with Crippen molar-refractivity contribution in [2.24, 2.45) is 13.0 Å². The van der Waals surface area contributed by atoms with Gasteiger partial charge in [-0.25, -0.2) is 0 Å². The molecule has 1 atom stereocenters. The Kier molecular flexibility index (Phi) is 2.91. The standard InChI is InChI=1S/C8H14N6O/c1-14-12-8(11-13-14)10-7(15)4-6-2-3-9-5-6/h6,9H,2-5H2,1H3,(H,10,12,15). The van der Waals surface area contributed by atoms with Crippen molar-refractivity contribution in [2.45, 2.75) is 12.8 Å². The topological polar surface area (TPSA) is 84.7 Å². The highest BCUT2D eigenvalue weighted by molar-refractivity contribution is 5.88. The number of hydrogen-bond acceptors (Lipinski definition) is 5. The minimum absolute atomic E-state index is 0.0447. The number of tetrazole rings is 1. The van der Waals surface area contributed by atoms with Crippen LogP contribution in [0.25, 0.3) is 0 Å². The second-order valence-corrected chi connectivity index (χ2v) is 3.71. The Morgan fingerprint density at radius 1 is 1.73 bits per heavy atom. The minimum atomic E-state index is -0.0447. The van der Waals surface area contributed by atoms with E-state index < -0.39 is 0 Å². The van der Waals surface area contributed by atoms with E-state index in [9.17, 15) is 4.79 Å². The first-order valence-electron chi connectivity index (χ1n) is 4.98. The fourth-order valence-corrected chi connectivity index (χ4v) is 1.66. The molecule has 0 radical (unpaired) electrons. The van der Waals surface area contributed by atoms with E-state index in [2.05, 4.69) is 26.0 Å². The summed E-state index contributed by atoms with van der Waals surface area (Å²) in [7, 11) is 1.66. The Labute approximate surface area is 87.2 Å². The second kappa shape index (κ2) is 4.35. The summed E-state index contributed by atoms with van der Waals surface area (Å²) < 4.78 is 0. The molecule has 1 unspecified atom stereocenters. The van der Waals surface area contributed by atoms with Gasteiger partial charge in [-0.3, -0.25) is 10.1 Å². The van der Waals surface area contributed by atoms with Crippen molar-refractivity contribution in [2.75, 3.05) is 18.4 Å². The van der Waals surface area contributed by atoms with Crippen LogP contribution in [0, 0.1) is 5.92 Å². The van der Waals surface area contributed by atoms with Crippen molar-refractivity contribution < 1.29 is 4.79 Å². The second-order valence-electron chi connectivity index (χ2n) is 3.71. The number of aromatic nitrogens is 4. The molecule has 1 fully saturated rings. The van der Waals surface area contributed by atoms with E-state index in [-0.39, 0.29) is 11.9 Å². The quantitative estimate of drug-likeness (QED) is 0.678. The number of nitrogens with one attached hydrogen (secondary N) is 2. The summed E-state index contributed by atoms with van der Waals surface area (Å²) in [4.78, 5) is 12.8. The summed E-state index contributed by atoms with van der Waals surface area (Å²) in [6.45, 7) is 1.92. The average molecular weight is 210 g/mol. The van der Waals surface area contributed by atoms with Crippen LogP contribution in [0.1, 0.15) is 12.8 Å². The van der Waals surface area contributed by atoms with Gasteiger partial charge in [-0.1, -0.05) is 5.10 Å². The smallest absolute Gasteiger partial charge is 0.270 e. The number of aryl methyl sites for hydroxylation is 1. The summed E-state index contributed by atoms with van der Waals surface area (Å²) in [5.74, 6) is 0.659. The van der Waals surface area contributed by atoms with Crippen LogP contribution in [0.5, 0.6) is 0 Å². The molecule has 0 aromatic carbocycles. The van der Waals surface area contributed by atoms with Gasteiger partial charge in [-0.15, -0.1) is 5.10 Å². The van der Waals surface area contributed by atoms with Gasteiger partial charge < -0.3 is 5.32 Å². The monoisotopic (exact) mass is 210 g/mol. The lowest BCUT2D eigenvalue weighted by atomic mass is 10.1. The Balaban J connectivity index is 1.81. The molecule has 1 aliphatic heterocycles. The molecule has 15 heavy (non-hydrogen) atoms. The van der Waals surface area contributed by atoms with Gasteiger partial charge in [0, 0.05) is 6.42 Å². The summed E-state index contributed by atoms with van der Waals surface area (Å²) in [5.41, 5.74) is 0. The third-order valence-corrected chi connectivity index (χ3v) is 2.40. The zero-order chi connectivity index (χ0) is 10.7. The number of carbonyl (C=O) groups excluding carboxylic acids is 1. The number of amides is 1. The first-order valence-corrected chi connectivity index (χ1v) is 4.98. The van der Waals surface area contributed by atoms with Crippen molar-refractivity contribution in [3.05, 3.63) is 0 Å². The maximum absolute atomic E-state index is 11.5. The fraction of sp³-hybridized carbons (Fsp3) is 0.750. The summed E-state index contributed by atoms with van der Waals surface area (Å²) in [5, 5.41) is 17.0. The predicted molar refractivity (Wildman–Crippen MR) is 53.0 cm³/mol. The maximum Gasteiger partial charge on any atom is 0.270 e. The van der Waals surface area contributed by atoms with Crippen molar-refractivity contribution in [1.29, 1.82) is 0 Å². The van der Waals surface area contributed by atoms with E-state index in [1.807, 2.05) is 0 Å². The molecular weight excluding hydrogens is 196 g/mol. The zero-order valence-electron chi connectivity index (χ0n) is 8.60. The molecule has 82 valence electrons. The highest BCUT2D eigenvalue weighted by Gasteiger charge is 2.18. The molecule has 0 bridgehead atoms. The van der Waals surface area contributed by atoms with Gasteiger partial charge in [0.1, 0.15) is 0 Å². The Morgan fingerprint density at radius 3 is 3.20 bits per heavy atom.